The number of carbonyl (C=O) groups is 1. The summed E-state index contributed by atoms with van der Waals surface area (Å²) in [5.41, 5.74) is 0. The third kappa shape index (κ3) is 3.76. The van der Waals surface area contributed by atoms with Gasteiger partial charge >= 0.3 is 0 Å². The Morgan fingerprint density at radius 3 is 3.04 bits per heavy atom. The number of nitrogens with one attached hydrogen (secondary N) is 2. The lowest BCUT2D eigenvalue weighted by molar-refractivity contribution is -0.115. The van der Waals surface area contributed by atoms with E-state index in [1.165, 1.54) is 0 Å². The molecule has 23 heavy (non-hydrogen) atoms. The zero-order valence-electron chi connectivity index (χ0n) is 13.7. The highest BCUT2D eigenvalue weighted by Crippen LogP contribution is 2.16. The third-order valence-electron chi connectivity index (χ3n) is 3.84. The van der Waals surface area contributed by atoms with E-state index in [-0.39, 0.29) is 18.5 Å². The summed E-state index contributed by atoms with van der Waals surface area (Å²) in [6.07, 6.45) is 1.83. The van der Waals surface area contributed by atoms with Crippen LogP contribution in [-0.4, -0.2) is 38.4 Å². The Morgan fingerprint density at radius 2 is 2.35 bits per heavy atom. The fourth-order valence-electron chi connectivity index (χ4n) is 2.59. The Morgan fingerprint density at radius 1 is 1.52 bits per heavy atom. The van der Waals surface area contributed by atoms with Crippen molar-refractivity contribution >= 4 is 11.7 Å². The molecule has 0 aliphatic carbocycles. The smallest absolute Gasteiger partial charge is 0.239 e. The van der Waals surface area contributed by atoms with Crippen LogP contribution in [0.3, 0.4) is 0 Å². The topological polar surface area (TPSA) is 97.9 Å². The number of aryl methyl sites for hydroxylation is 2. The quantitative estimate of drug-likeness (QED) is 0.861. The molecule has 2 aromatic heterocycles. The number of fused-ring (bicyclic) bond motifs is 1. The van der Waals surface area contributed by atoms with E-state index in [9.17, 15) is 4.79 Å². The molecular weight excluding hydrogens is 296 g/mol. The number of amides is 1. The van der Waals surface area contributed by atoms with E-state index < -0.39 is 0 Å². The van der Waals surface area contributed by atoms with Crippen molar-refractivity contribution in [1.29, 1.82) is 0 Å². The minimum atomic E-state index is -0.134. The summed E-state index contributed by atoms with van der Waals surface area (Å²) in [6, 6.07) is 1.90. The number of hydrogen-bond acceptors (Lipinski definition) is 6. The van der Waals surface area contributed by atoms with Gasteiger partial charge in [0, 0.05) is 24.4 Å². The van der Waals surface area contributed by atoms with Gasteiger partial charge in [0.05, 0.1) is 13.1 Å². The van der Waals surface area contributed by atoms with Gasteiger partial charge in [-0.1, -0.05) is 19.0 Å². The van der Waals surface area contributed by atoms with E-state index >= 15 is 0 Å². The second-order valence-corrected chi connectivity index (χ2v) is 6.21. The van der Waals surface area contributed by atoms with Gasteiger partial charge in [0.2, 0.25) is 5.91 Å². The molecule has 0 unspecified atom stereocenters. The maximum Gasteiger partial charge on any atom is 0.239 e. The van der Waals surface area contributed by atoms with Crippen LogP contribution in [0, 0.1) is 6.92 Å². The molecule has 0 fully saturated rings. The van der Waals surface area contributed by atoms with Crippen LogP contribution in [0.15, 0.2) is 10.6 Å². The maximum absolute atomic E-state index is 11.9. The van der Waals surface area contributed by atoms with Crippen molar-refractivity contribution in [2.45, 2.75) is 52.1 Å². The molecule has 0 aromatic carbocycles. The zero-order valence-corrected chi connectivity index (χ0v) is 13.7. The van der Waals surface area contributed by atoms with E-state index in [1.54, 1.807) is 13.0 Å². The summed E-state index contributed by atoms with van der Waals surface area (Å²) in [4.78, 5) is 16.5. The minimum absolute atomic E-state index is 0.134. The molecule has 8 heteroatoms. The average Bonchev–Trinajstić information content (AvgIpc) is 3.10. The number of rotatable bonds is 5. The fourth-order valence-corrected chi connectivity index (χ4v) is 2.59. The van der Waals surface area contributed by atoms with Gasteiger partial charge in [0.25, 0.3) is 0 Å². The lowest BCUT2D eigenvalue weighted by Gasteiger charge is -2.23. The van der Waals surface area contributed by atoms with Gasteiger partial charge in [0.1, 0.15) is 11.6 Å². The molecule has 0 saturated carbocycles. The molecule has 0 spiro atoms. The first-order chi connectivity index (χ1) is 11.0. The standard InChI is InChI=1S/C15H22N6O2/c1-9(2)15-18-13-5-4-11(8-21(13)19-15)16-7-14(22)17-12-6-10(3)23-20-12/h6,9,11,16H,4-5,7-8H2,1-3H3,(H,17,20,22)/t11-/m0/s1. The molecule has 1 atom stereocenters. The van der Waals surface area contributed by atoms with Crippen molar-refractivity contribution in [2.75, 3.05) is 11.9 Å². The SMILES string of the molecule is Cc1cc(NC(=O)CN[C@H]2CCc3nc(C(C)C)nn3C2)no1. The number of nitrogens with zero attached hydrogens (tertiary/aromatic N) is 4. The highest BCUT2D eigenvalue weighted by atomic mass is 16.5. The van der Waals surface area contributed by atoms with Gasteiger partial charge < -0.3 is 15.2 Å². The maximum atomic E-state index is 11.9. The van der Waals surface area contributed by atoms with Crippen LogP contribution in [0.1, 0.15) is 43.6 Å². The van der Waals surface area contributed by atoms with Gasteiger partial charge in [-0.25, -0.2) is 9.67 Å². The van der Waals surface area contributed by atoms with Crippen LogP contribution in [0.4, 0.5) is 5.82 Å². The summed E-state index contributed by atoms with van der Waals surface area (Å²) in [6.45, 7) is 6.94. The van der Waals surface area contributed by atoms with Crippen LogP contribution < -0.4 is 10.6 Å². The first-order valence-corrected chi connectivity index (χ1v) is 7.91. The number of anilines is 1. The van der Waals surface area contributed by atoms with Crippen molar-refractivity contribution in [2.24, 2.45) is 0 Å². The Hall–Kier alpha value is -2.22. The van der Waals surface area contributed by atoms with Crippen molar-refractivity contribution in [3.63, 3.8) is 0 Å². The first kappa shape index (κ1) is 15.7. The van der Waals surface area contributed by atoms with Crippen LogP contribution in [-0.2, 0) is 17.8 Å². The molecule has 1 amide bonds. The largest absolute Gasteiger partial charge is 0.360 e. The minimum Gasteiger partial charge on any atom is -0.360 e. The normalized spacial score (nSPS) is 17.3. The summed E-state index contributed by atoms with van der Waals surface area (Å²) >= 11 is 0. The number of hydrogen-bond donors (Lipinski definition) is 2. The van der Waals surface area contributed by atoms with Crippen LogP contribution in [0.2, 0.25) is 0 Å². The lowest BCUT2D eigenvalue weighted by atomic mass is 10.1. The Kier molecular flexibility index (Phi) is 4.42. The Labute approximate surface area is 134 Å². The molecule has 3 rings (SSSR count). The molecule has 1 aliphatic heterocycles. The highest BCUT2D eigenvalue weighted by Gasteiger charge is 2.22. The zero-order chi connectivity index (χ0) is 16.4. The van der Waals surface area contributed by atoms with Gasteiger partial charge in [-0.15, -0.1) is 0 Å². The van der Waals surface area contributed by atoms with Gasteiger partial charge in [-0.2, -0.15) is 5.10 Å². The molecule has 0 radical (unpaired) electrons. The van der Waals surface area contributed by atoms with Crippen LogP contribution >= 0.6 is 0 Å². The predicted octanol–water partition coefficient (Wildman–Crippen LogP) is 1.24. The lowest BCUT2D eigenvalue weighted by Crippen LogP contribution is -2.41. The Bertz CT molecular complexity index is 690. The van der Waals surface area contributed by atoms with E-state index in [2.05, 4.69) is 39.7 Å². The second kappa shape index (κ2) is 6.49. The number of carbonyl (C=O) groups excluding carboxylic acids is 1. The second-order valence-electron chi connectivity index (χ2n) is 6.21. The van der Waals surface area contributed by atoms with Gasteiger partial charge in [-0.05, 0) is 13.3 Å². The molecule has 2 N–H and O–H groups in total. The monoisotopic (exact) mass is 318 g/mol. The summed E-state index contributed by atoms with van der Waals surface area (Å²) in [5, 5.41) is 14.3. The van der Waals surface area contributed by atoms with Crippen LogP contribution in [0.25, 0.3) is 0 Å². The van der Waals surface area contributed by atoms with Crippen LogP contribution in [0.5, 0.6) is 0 Å². The van der Waals surface area contributed by atoms with E-state index in [0.717, 1.165) is 31.0 Å². The third-order valence-corrected chi connectivity index (χ3v) is 3.84. The fraction of sp³-hybridized carbons (Fsp3) is 0.600. The van der Waals surface area contributed by atoms with E-state index in [1.807, 2.05) is 4.68 Å². The first-order valence-electron chi connectivity index (χ1n) is 7.91. The van der Waals surface area contributed by atoms with Crippen molar-refractivity contribution in [1.82, 2.24) is 25.2 Å². The van der Waals surface area contributed by atoms with Gasteiger partial charge in [-0.3, -0.25) is 4.79 Å². The van der Waals surface area contributed by atoms with Gasteiger partial charge in [0.15, 0.2) is 11.6 Å². The molecule has 8 nitrogen and oxygen atoms in total. The molecule has 0 saturated heterocycles. The predicted molar refractivity (Wildman–Crippen MR) is 84.1 cm³/mol. The molecule has 3 heterocycles. The van der Waals surface area contributed by atoms with Crippen molar-refractivity contribution in [3.05, 3.63) is 23.5 Å². The van der Waals surface area contributed by atoms with E-state index in [4.69, 9.17) is 4.52 Å². The highest BCUT2D eigenvalue weighted by molar-refractivity contribution is 5.91. The summed E-state index contributed by atoms with van der Waals surface area (Å²) in [7, 11) is 0. The van der Waals surface area contributed by atoms with Crippen molar-refractivity contribution < 1.29 is 9.32 Å². The van der Waals surface area contributed by atoms with Crippen molar-refractivity contribution in [3.8, 4) is 0 Å². The molecule has 1 aliphatic rings. The molecule has 124 valence electrons. The van der Waals surface area contributed by atoms with E-state index in [0.29, 0.717) is 17.5 Å². The summed E-state index contributed by atoms with van der Waals surface area (Å²) in [5.74, 6) is 3.23. The molecule has 2 aromatic rings. The molecule has 0 bridgehead atoms. The summed E-state index contributed by atoms with van der Waals surface area (Å²) < 4.78 is 6.87. The number of aromatic nitrogens is 4. The Balaban J connectivity index is 1.50. The average molecular weight is 318 g/mol. The molecular formula is C15H22N6O2.